The molecule has 2 N–H and O–H groups in total. The average molecular weight is 230 g/mol. The minimum absolute atomic E-state index is 0.0679. The summed E-state index contributed by atoms with van der Waals surface area (Å²) in [6, 6.07) is 0.369. The molecule has 0 fully saturated rings. The van der Waals surface area contributed by atoms with Gasteiger partial charge in [-0.2, -0.15) is 0 Å². The van der Waals surface area contributed by atoms with Gasteiger partial charge in [0.1, 0.15) is 6.54 Å². The predicted octanol–water partition coefficient (Wildman–Crippen LogP) is 0.444. The van der Waals surface area contributed by atoms with Crippen molar-refractivity contribution in [3.63, 3.8) is 0 Å². The normalized spacial score (nSPS) is 11.9. The molecule has 0 bridgehead atoms. The van der Waals surface area contributed by atoms with Gasteiger partial charge < -0.3 is 15.4 Å². The Balaban J connectivity index is 3.66. The van der Waals surface area contributed by atoms with E-state index in [9.17, 15) is 9.59 Å². The Morgan fingerprint density at radius 1 is 1.25 bits per heavy atom. The number of nitrogens with one attached hydrogen (secondary N) is 2. The summed E-state index contributed by atoms with van der Waals surface area (Å²) in [5, 5.41) is 5.63. The van der Waals surface area contributed by atoms with E-state index in [-0.39, 0.29) is 19.0 Å². The molecule has 0 spiro atoms. The Morgan fingerprint density at radius 3 is 2.44 bits per heavy atom. The first-order chi connectivity index (χ1) is 7.63. The smallest absolute Gasteiger partial charge is 0.325 e. The zero-order valence-electron chi connectivity index (χ0n) is 10.3. The summed E-state index contributed by atoms with van der Waals surface area (Å²) in [6.45, 7) is 4.37. The Labute approximate surface area is 96.9 Å². The van der Waals surface area contributed by atoms with Crippen molar-refractivity contribution in [2.45, 2.75) is 39.2 Å². The molecule has 0 aliphatic rings. The highest BCUT2D eigenvalue weighted by Crippen LogP contribution is 1.99. The maximum Gasteiger partial charge on any atom is 0.325 e. The quantitative estimate of drug-likeness (QED) is 0.594. The highest BCUT2D eigenvalue weighted by molar-refractivity contribution is 5.83. The summed E-state index contributed by atoms with van der Waals surface area (Å²) in [5.74, 6) is -0.617. The SMILES string of the molecule is CCCC(CC)NCC(=O)NCC(=O)OC. The van der Waals surface area contributed by atoms with Crippen molar-refractivity contribution in [1.29, 1.82) is 0 Å². The molecule has 0 aromatic heterocycles. The van der Waals surface area contributed by atoms with Crippen molar-refractivity contribution >= 4 is 11.9 Å². The van der Waals surface area contributed by atoms with Crippen LogP contribution in [0.25, 0.3) is 0 Å². The maximum atomic E-state index is 11.3. The van der Waals surface area contributed by atoms with Crippen LogP contribution < -0.4 is 10.6 Å². The lowest BCUT2D eigenvalue weighted by Crippen LogP contribution is -2.40. The van der Waals surface area contributed by atoms with Crippen LogP contribution in [0.3, 0.4) is 0 Å². The van der Waals surface area contributed by atoms with E-state index in [1.54, 1.807) is 0 Å². The Morgan fingerprint density at radius 2 is 1.94 bits per heavy atom. The molecule has 1 atom stereocenters. The van der Waals surface area contributed by atoms with Gasteiger partial charge in [0, 0.05) is 6.04 Å². The molecular weight excluding hydrogens is 208 g/mol. The minimum Gasteiger partial charge on any atom is -0.468 e. The molecule has 1 unspecified atom stereocenters. The van der Waals surface area contributed by atoms with Crippen LogP contribution in [-0.4, -0.2) is 38.1 Å². The Kier molecular flexibility index (Phi) is 8.52. The molecule has 0 radical (unpaired) electrons. The van der Waals surface area contributed by atoms with Crippen molar-refractivity contribution < 1.29 is 14.3 Å². The van der Waals surface area contributed by atoms with E-state index in [0.29, 0.717) is 6.04 Å². The van der Waals surface area contributed by atoms with Crippen LogP contribution in [0, 0.1) is 0 Å². The first-order valence-electron chi connectivity index (χ1n) is 5.70. The van der Waals surface area contributed by atoms with Crippen LogP contribution in [0.1, 0.15) is 33.1 Å². The van der Waals surface area contributed by atoms with Gasteiger partial charge >= 0.3 is 5.97 Å². The third kappa shape index (κ3) is 7.23. The van der Waals surface area contributed by atoms with E-state index >= 15 is 0 Å². The van der Waals surface area contributed by atoms with Crippen LogP contribution in [0.5, 0.6) is 0 Å². The molecule has 0 heterocycles. The summed E-state index contributed by atoms with van der Waals surface area (Å²) in [4.78, 5) is 22.1. The number of ether oxygens (including phenoxy) is 1. The third-order valence-corrected chi connectivity index (χ3v) is 2.34. The highest BCUT2D eigenvalue weighted by Gasteiger charge is 2.08. The van der Waals surface area contributed by atoms with E-state index in [1.807, 2.05) is 0 Å². The van der Waals surface area contributed by atoms with E-state index in [4.69, 9.17) is 0 Å². The molecule has 16 heavy (non-hydrogen) atoms. The number of hydrogen-bond acceptors (Lipinski definition) is 4. The lowest BCUT2D eigenvalue weighted by Gasteiger charge is -2.15. The number of carbonyl (C=O) groups excluding carboxylic acids is 2. The van der Waals surface area contributed by atoms with E-state index in [1.165, 1.54) is 7.11 Å². The van der Waals surface area contributed by atoms with Crippen LogP contribution >= 0.6 is 0 Å². The van der Waals surface area contributed by atoms with Crippen LogP contribution in [0.2, 0.25) is 0 Å². The van der Waals surface area contributed by atoms with Crippen molar-refractivity contribution in [2.24, 2.45) is 0 Å². The van der Waals surface area contributed by atoms with Gasteiger partial charge in [0.25, 0.3) is 0 Å². The molecule has 0 aromatic carbocycles. The van der Waals surface area contributed by atoms with Crippen molar-refractivity contribution in [3.8, 4) is 0 Å². The van der Waals surface area contributed by atoms with Gasteiger partial charge in [-0.3, -0.25) is 9.59 Å². The van der Waals surface area contributed by atoms with Gasteiger partial charge in [0.15, 0.2) is 0 Å². The molecule has 1 amide bonds. The molecule has 0 aliphatic carbocycles. The highest BCUT2D eigenvalue weighted by atomic mass is 16.5. The summed E-state index contributed by atoms with van der Waals surface area (Å²) < 4.78 is 4.41. The lowest BCUT2D eigenvalue weighted by molar-refractivity contribution is -0.141. The van der Waals surface area contributed by atoms with Gasteiger partial charge in [0.05, 0.1) is 13.7 Å². The van der Waals surface area contributed by atoms with Crippen molar-refractivity contribution in [2.75, 3.05) is 20.2 Å². The fourth-order valence-corrected chi connectivity index (χ4v) is 1.34. The molecule has 0 aromatic rings. The van der Waals surface area contributed by atoms with Gasteiger partial charge in [0.2, 0.25) is 5.91 Å². The standard InChI is InChI=1S/C11H22N2O3/c1-4-6-9(5-2)12-7-10(14)13-8-11(15)16-3/h9,12H,4-8H2,1-3H3,(H,13,14). The number of rotatable bonds is 8. The second-order valence-electron chi connectivity index (χ2n) is 3.63. The Bertz CT molecular complexity index is 219. The van der Waals surface area contributed by atoms with Gasteiger partial charge in [-0.05, 0) is 12.8 Å². The molecule has 0 aliphatic heterocycles. The lowest BCUT2D eigenvalue weighted by atomic mass is 10.1. The summed E-state index contributed by atoms with van der Waals surface area (Å²) in [7, 11) is 1.29. The van der Waals surface area contributed by atoms with Crippen LogP contribution in [-0.2, 0) is 14.3 Å². The van der Waals surface area contributed by atoms with E-state index < -0.39 is 5.97 Å². The fourth-order valence-electron chi connectivity index (χ4n) is 1.34. The van der Waals surface area contributed by atoms with E-state index in [2.05, 4.69) is 29.2 Å². The van der Waals surface area contributed by atoms with Gasteiger partial charge in [-0.25, -0.2) is 0 Å². The minimum atomic E-state index is -0.436. The summed E-state index contributed by atoms with van der Waals surface area (Å²) in [5.41, 5.74) is 0. The van der Waals surface area contributed by atoms with E-state index in [0.717, 1.165) is 19.3 Å². The average Bonchev–Trinajstić information content (AvgIpc) is 2.31. The number of carbonyl (C=O) groups is 2. The number of hydrogen-bond donors (Lipinski definition) is 2. The third-order valence-electron chi connectivity index (χ3n) is 2.34. The van der Waals surface area contributed by atoms with Crippen molar-refractivity contribution in [3.05, 3.63) is 0 Å². The summed E-state index contributed by atoms with van der Waals surface area (Å²) in [6.07, 6.45) is 3.15. The fraction of sp³-hybridized carbons (Fsp3) is 0.818. The topological polar surface area (TPSA) is 67.4 Å². The molecule has 0 rings (SSSR count). The predicted molar refractivity (Wildman–Crippen MR) is 62.0 cm³/mol. The molecule has 5 nitrogen and oxygen atoms in total. The molecule has 5 heteroatoms. The van der Waals surface area contributed by atoms with Crippen molar-refractivity contribution in [1.82, 2.24) is 10.6 Å². The second-order valence-corrected chi connectivity index (χ2v) is 3.63. The monoisotopic (exact) mass is 230 g/mol. The molecule has 0 saturated carbocycles. The second kappa shape index (κ2) is 9.15. The first kappa shape index (κ1) is 14.9. The number of amides is 1. The maximum absolute atomic E-state index is 11.3. The molecular formula is C11H22N2O3. The van der Waals surface area contributed by atoms with Crippen LogP contribution in [0.4, 0.5) is 0 Å². The number of esters is 1. The Hall–Kier alpha value is -1.10. The number of methoxy groups -OCH3 is 1. The summed E-state index contributed by atoms with van der Waals surface area (Å²) >= 11 is 0. The van der Waals surface area contributed by atoms with Gasteiger partial charge in [-0.1, -0.05) is 20.3 Å². The largest absolute Gasteiger partial charge is 0.468 e. The first-order valence-corrected chi connectivity index (χ1v) is 5.70. The van der Waals surface area contributed by atoms with Gasteiger partial charge in [-0.15, -0.1) is 0 Å². The zero-order chi connectivity index (χ0) is 12.4. The van der Waals surface area contributed by atoms with Crippen LogP contribution in [0.15, 0.2) is 0 Å². The molecule has 0 saturated heterocycles. The zero-order valence-corrected chi connectivity index (χ0v) is 10.3. The molecule has 94 valence electrons.